The summed E-state index contributed by atoms with van der Waals surface area (Å²) in [5, 5.41) is 0. The molecule has 0 bridgehead atoms. The molecule has 0 spiro atoms. The monoisotopic (exact) mass is 300 g/mol. The third-order valence-electron chi connectivity index (χ3n) is 3.49. The highest BCUT2D eigenvalue weighted by molar-refractivity contribution is 5.94. The van der Waals surface area contributed by atoms with Crippen LogP contribution in [0.4, 0.5) is 4.39 Å². The van der Waals surface area contributed by atoms with Gasteiger partial charge < -0.3 is 10.6 Å². The number of amides is 1. The predicted octanol–water partition coefficient (Wildman–Crippen LogP) is 3.13. The van der Waals surface area contributed by atoms with E-state index in [1.54, 1.807) is 17.0 Å². The molecule has 0 aliphatic carbocycles. The van der Waals surface area contributed by atoms with Gasteiger partial charge in [0, 0.05) is 13.1 Å². The van der Waals surface area contributed by atoms with Gasteiger partial charge in [0.1, 0.15) is 5.82 Å². The smallest absolute Gasteiger partial charge is 0.257 e. The van der Waals surface area contributed by atoms with E-state index in [9.17, 15) is 9.18 Å². The van der Waals surface area contributed by atoms with Gasteiger partial charge in [0.25, 0.3) is 5.91 Å². The molecule has 0 atom stereocenters. The Morgan fingerprint density at radius 1 is 1.18 bits per heavy atom. The molecule has 0 saturated heterocycles. The molecular formula is C18H21FN2O. The van der Waals surface area contributed by atoms with Crippen molar-refractivity contribution >= 4 is 5.91 Å². The van der Waals surface area contributed by atoms with Gasteiger partial charge in [0.05, 0.1) is 5.56 Å². The number of carbonyl (C=O) groups excluding carboxylic acids is 1. The highest BCUT2D eigenvalue weighted by Gasteiger charge is 2.19. The fourth-order valence-electron chi connectivity index (χ4n) is 2.31. The zero-order chi connectivity index (χ0) is 15.9. The number of carbonyl (C=O) groups is 1. The molecule has 0 aliphatic heterocycles. The summed E-state index contributed by atoms with van der Waals surface area (Å²) < 4.78 is 14.0. The van der Waals surface area contributed by atoms with Crippen LogP contribution in [-0.4, -0.2) is 23.9 Å². The van der Waals surface area contributed by atoms with Gasteiger partial charge >= 0.3 is 0 Å². The summed E-state index contributed by atoms with van der Waals surface area (Å²) in [5.74, 6) is -0.778. The summed E-state index contributed by atoms with van der Waals surface area (Å²) in [6.07, 6.45) is 0.687. The minimum Gasteiger partial charge on any atom is -0.334 e. The highest BCUT2D eigenvalue weighted by Crippen LogP contribution is 2.15. The second-order valence-corrected chi connectivity index (χ2v) is 5.34. The van der Waals surface area contributed by atoms with Crippen molar-refractivity contribution in [1.82, 2.24) is 4.90 Å². The molecule has 2 aromatic carbocycles. The van der Waals surface area contributed by atoms with Crippen LogP contribution < -0.4 is 5.73 Å². The number of hydrogen-bond donors (Lipinski definition) is 1. The molecule has 4 heteroatoms. The van der Waals surface area contributed by atoms with Crippen LogP contribution in [0.1, 0.15) is 27.9 Å². The van der Waals surface area contributed by atoms with Gasteiger partial charge in [-0.15, -0.1) is 0 Å². The molecule has 22 heavy (non-hydrogen) atoms. The average molecular weight is 300 g/mol. The van der Waals surface area contributed by atoms with Crippen LogP contribution in [0.25, 0.3) is 0 Å². The lowest BCUT2D eigenvalue weighted by atomic mass is 10.1. The van der Waals surface area contributed by atoms with Gasteiger partial charge in [-0.25, -0.2) is 4.39 Å². The Balaban J connectivity index is 2.24. The van der Waals surface area contributed by atoms with Crippen molar-refractivity contribution in [2.24, 2.45) is 5.73 Å². The lowest BCUT2D eigenvalue weighted by Gasteiger charge is -2.23. The van der Waals surface area contributed by atoms with Crippen molar-refractivity contribution in [1.29, 1.82) is 0 Å². The quantitative estimate of drug-likeness (QED) is 0.891. The first-order valence-corrected chi connectivity index (χ1v) is 7.41. The first-order valence-electron chi connectivity index (χ1n) is 7.41. The maximum Gasteiger partial charge on any atom is 0.257 e. The minimum absolute atomic E-state index is 0.118. The van der Waals surface area contributed by atoms with E-state index in [0.717, 1.165) is 11.1 Å². The highest BCUT2D eigenvalue weighted by atomic mass is 19.1. The van der Waals surface area contributed by atoms with Gasteiger partial charge in [-0.3, -0.25) is 4.79 Å². The molecule has 0 fully saturated rings. The van der Waals surface area contributed by atoms with Gasteiger partial charge in [-0.2, -0.15) is 0 Å². The zero-order valence-electron chi connectivity index (χ0n) is 12.8. The van der Waals surface area contributed by atoms with E-state index in [4.69, 9.17) is 5.73 Å². The minimum atomic E-state index is -0.485. The number of halogens is 1. The van der Waals surface area contributed by atoms with E-state index >= 15 is 0 Å². The molecule has 0 aromatic heterocycles. The number of rotatable bonds is 6. The molecule has 0 heterocycles. The first kappa shape index (κ1) is 16.2. The average Bonchev–Trinajstić information content (AvgIpc) is 2.54. The fourth-order valence-corrected chi connectivity index (χ4v) is 2.31. The van der Waals surface area contributed by atoms with Crippen LogP contribution in [0.3, 0.4) is 0 Å². The molecule has 116 valence electrons. The Bertz CT molecular complexity index is 628. The summed E-state index contributed by atoms with van der Waals surface area (Å²) in [5.41, 5.74) is 7.55. The number of aryl methyl sites for hydroxylation is 1. The molecular weight excluding hydrogens is 279 g/mol. The van der Waals surface area contributed by atoms with Crippen LogP contribution >= 0.6 is 0 Å². The van der Waals surface area contributed by atoms with E-state index in [1.807, 2.05) is 37.3 Å². The Morgan fingerprint density at radius 3 is 2.59 bits per heavy atom. The predicted molar refractivity (Wildman–Crippen MR) is 86.0 cm³/mol. The van der Waals surface area contributed by atoms with Crippen molar-refractivity contribution in [2.45, 2.75) is 19.9 Å². The number of nitrogens with zero attached hydrogens (tertiary/aromatic N) is 1. The Labute approximate surface area is 130 Å². The van der Waals surface area contributed by atoms with E-state index in [-0.39, 0.29) is 11.5 Å². The number of nitrogens with two attached hydrogens (primary N) is 1. The van der Waals surface area contributed by atoms with Crippen molar-refractivity contribution in [3.63, 3.8) is 0 Å². The van der Waals surface area contributed by atoms with Crippen molar-refractivity contribution in [2.75, 3.05) is 13.1 Å². The van der Waals surface area contributed by atoms with E-state index in [1.165, 1.54) is 6.07 Å². The van der Waals surface area contributed by atoms with Crippen LogP contribution in [0.15, 0.2) is 48.5 Å². The molecule has 3 nitrogen and oxygen atoms in total. The van der Waals surface area contributed by atoms with Crippen LogP contribution in [0, 0.1) is 12.7 Å². The molecule has 0 aliphatic rings. The molecule has 1 amide bonds. The van der Waals surface area contributed by atoms with Gasteiger partial charge in [0.2, 0.25) is 0 Å². The second kappa shape index (κ2) is 7.71. The summed E-state index contributed by atoms with van der Waals surface area (Å²) in [6.45, 7) is 3.30. The molecule has 0 radical (unpaired) electrons. The van der Waals surface area contributed by atoms with Gasteiger partial charge in [-0.1, -0.05) is 42.0 Å². The third-order valence-corrected chi connectivity index (χ3v) is 3.49. The van der Waals surface area contributed by atoms with Crippen LogP contribution in [0.5, 0.6) is 0 Å². The summed E-state index contributed by atoms with van der Waals surface area (Å²) in [7, 11) is 0. The first-order chi connectivity index (χ1) is 10.6. The van der Waals surface area contributed by atoms with Crippen molar-refractivity contribution in [3.05, 3.63) is 71.0 Å². The fraction of sp³-hybridized carbons (Fsp3) is 0.278. The van der Waals surface area contributed by atoms with E-state index in [0.29, 0.717) is 26.1 Å². The number of benzene rings is 2. The molecule has 2 rings (SSSR count). The summed E-state index contributed by atoms with van der Waals surface area (Å²) in [4.78, 5) is 14.3. The van der Waals surface area contributed by atoms with Gasteiger partial charge in [-0.05, 0) is 37.6 Å². The molecule has 2 N–H and O–H groups in total. The Kier molecular flexibility index (Phi) is 5.67. The second-order valence-electron chi connectivity index (χ2n) is 5.34. The maximum atomic E-state index is 14.0. The topological polar surface area (TPSA) is 46.3 Å². The van der Waals surface area contributed by atoms with E-state index in [2.05, 4.69) is 0 Å². The lowest BCUT2D eigenvalue weighted by molar-refractivity contribution is 0.0737. The summed E-state index contributed by atoms with van der Waals surface area (Å²) >= 11 is 0. The SMILES string of the molecule is Cc1ccc(F)c(C(=O)N(CCCN)Cc2ccccc2)c1. The van der Waals surface area contributed by atoms with Gasteiger partial charge in [0.15, 0.2) is 0 Å². The Morgan fingerprint density at radius 2 is 1.91 bits per heavy atom. The third kappa shape index (κ3) is 4.15. The normalized spacial score (nSPS) is 10.5. The van der Waals surface area contributed by atoms with Crippen LogP contribution in [-0.2, 0) is 6.54 Å². The largest absolute Gasteiger partial charge is 0.334 e. The summed E-state index contributed by atoms with van der Waals surface area (Å²) in [6, 6.07) is 14.3. The maximum absolute atomic E-state index is 14.0. The Hall–Kier alpha value is -2.20. The standard InChI is InChI=1S/C18H21FN2O/c1-14-8-9-17(19)16(12-14)18(22)21(11-5-10-20)13-15-6-3-2-4-7-15/h2-4,6-9,12H,5,10-11,13,20H2,1H3. The lowest BCUT2D eigenvalue weighted by Crippen LogP contribution is -2.33. The number of hydrogen-bond acceptors (Lipinski definition) is 2. The molecule has 0 saturated carbocycles. The van der Waals surface area contributed by atoms with Crippen LogP contribution in [0.2, 0.25) is 0 Å². The molecule has 2 aromatic rings. The van der Waals surface area contributed by atoms with Crippen molar-refractivity contribution in [3.8, 4) is 0 Å². The molecule has 0 unspecified atom stereocenters. The van der Waals surface area contributed by atoms with Crippen molar-refractivity contribution < 1.29 is 9.18 Å². The zero-order valence-corrected chi connectivity index (χ0v) is 12.8. The van der Waals surface area contributed by atoms with E-state index < -0.39 is 5.82 Å².